The molecule has 0 heterocycles. The normalized spacial score (nSPS) is 9.71. The van der Waals surface area contributed by atoms with Crippen LogP contribution in [0.2, 0.25) is 0 Å². The second kappa shape index (κ2) is 7.11. The van der Waals surface area contributed by atoms with Crippen LogP contribution < -0.4 is 10.2 Å². The molecule has 0 spiro atoms. The number of rotatable bonds is 5. The second-order valence-electron chi connectivity index (χ2n) is 4.78. The topological polar surface area (TPSA) is 56.1 Å². The summed E-state index contributed by atoms with van der Waals surface area (Å²) >= 11 is 0. The molecular formula is C17H17N3O. The molecule has 21 heavy (non-hydrogen) atoms. The average Bonchev–Trinajstić information content (AvgIpc) is 2.54. The van der Waals surface area contributed by atoms with Crippen molar-refractivity contribution in [1.82, 2.24) is 5.32 Å². The molecule has 106 valence electrons. The predicted molar refractivity (Wildman–Crippen MR) is 82.7 cm³/mol. The van der Waals surface area contributed by atoms with Crippen molar-refractivity contribution in [1.29, 1.82) is 5.26 Å². The van der Waals surface area contributed by atoms with Gasteiger partial charge in [-0.3, -0.25) is 4.79 Å². The third-order valence-electron chi connectivity index (χ3n) is 3.13. The molecule has 4 heteroatoms. The van der Waals surface area contributed by atoms with E-state index in [1.807, 2.05) is 54.4 Å². The predicted octanol–water partition coefficient (Wildman–Crippen LogP) is 2.31. The lowest BCUT2D eigenvalue weighted by molar-refractivity contribution is -0.119. The number of nitrogens with one attached hydrogen (secondary N) is 1. The van der Waals surface area contributed by atoms with Gasteiger partial charge in [0.1, 0.15) is 0 Å². The summed E-state index contributed by atoms with van der Waals surface area (Å²) in [5, 5.41) is 11.8. The molecule has 0 saturated heterocycles. The number of nitriles is 1. The van der Waals surface area contributed by atoms with E-state index < -0.39 is 0 Å². The number of amides is 1. The maximum absolute atomic E-state index is 11.9. The van der Waals surface area contributed by atoms with Gasteiger partial charge < -0.3 is 10.2 Å². The number of anilines is 1. The molecule has 0 radical (unpaired) electrons. The molecule has 0 fully saturated rings. The summed E-state index contributed by atoms with van der Waals surface area (Å²) in [6.45, 7) is 0.771. The zero-order valence-corrected chi connectivity index (χ0v) is 11.9. The molecule has 2 rings (SSSR count). The van der Waals surface area contributed by atoms with Crippen LogP contribution in [0.15, 0.2) is 54.6 Å². The monoisotopic (exact) mass is 279 g/mol. The van der Waals surface area contributed by atoms with Crippen molar-refractivity contribution < 1.29 is 4.79 Å². The van der Waals surface area contributed by atoms with Crippen LogP contribution in [0.3, 0.4) is 0 Å². The first-order chi connectivity index (χ1) is 10.2. The number of nitrogens with zero attached hydrogens (tertiary/aromatic N) is 2. The minimum absolute atomic E-state index is 0.0521. The van der Waals surface area contributed by atoms with Crippen molar-refractivity contribution in [3.63, 3.8) is 0 Å². The second-order valence-corrected chi connectivity index (χ2v) is 4.78. The third kappa shape index (κ3) is 4.36. The van der Waals surface area contributed by atoms with E-state index >= 15 is 0 Å². The fourth-order valence-electron chi connectivity index (χ4n) is 1.97. The van der Waals surface area contributed by atoms with E-state index in [9.17, 15) is 4.79 Å². The van der Waals surface area contributed by atoms with Gasteiger partial charge in [0, 0.05) is 19.3 Å². The van der Waals surface area contributed by atoms with Crippen molar-refractivity contribution in [3.8, 4) is 6.07 Å². The molecule has 0 aliphatic rings. The molecule has 2 aromatic rings. The smallest absolute Gasteiger partial charge is 0.239 e. The molecule has 1 N–H and O–H groups in total. The Bertz CT molecular complexity index is 647. The zero-order chi connectivity index (χ0) is 15.1. The van der Waals surface area contributed by atoms with Crippen LogP contribution in [0, 0.1) is 11.3 Å². The molecular weight excluding hydrogens is 262 g/mol. The van der Waals surface area contributed by atoms with Crippen LogP contribution in [0.4, 0.5) is 5.69 Å². The Balaban J connectivity index is 1.88. The van der Waals surface area contributed by atoms with Crippen LogP contribution in [0.25, 0.3) is 0 Å². The molecule has 0 bridgehead atoms. The van der Waals surface area contributed by atoms with Crippen molar-refractivity contribution in [2.45, 2.75) is 6.54 Å². The number of benzene rings is 2. The van der Waals surface area contributed by atoms with Gasteiger partial charge in [-0.1, -0.05) is 36.4 Å². The molecule has 0 aromatic heterocycles. The summed E-state index contributed by atoms with van der Waals surface area (Å²) in [6.07, 6.45) is 0. The Hall–Kier alpha value is -2.80. The Morgan fingerprint density at radius 2 is 1.95 bits per heavy atom. The van der Waals surface area contributed by atoms with E-state index in [1.54, 1.807) is 12.1 Å². The number of hydrogen-bond acceptors (Lipinski definition) is 3. The molecule has 4 nitrogen and oxygen atoms in total. The largest absolute Gasteiger partial charge is 0.365 e. The maximum atomic E-state index is 11.9. The summed E-state index contributed by atoms with van der Waals surface area (Å²) in [5.41, 5.74) is 2.51. The SMILES string of the molecule is CN(CC(=O)NCc1ccccc1)c1cccc(C#N)c1. The lowest BCUT2D eigenvalue weighted by atomic mass is 10.2. The Labute approximate surface area is 124 Å². The number of likely N-dealkylation sites (N-methyl/N-ethyl adjacent to an activating group) is 1. The van der Waals surface area contributed by atoms with E-state index in [0.717, 1.165) is 11.3 Å². The molecule has 0 saturated carbocycles. The number of carbonyl (C=O) groups excluding carboxylic acids is 1. The quantitative estimate of drug-likeness (QED) is 0.913. The van der Waals surface area contributed by atoms with Crippen LogP contribution >= 0.6 is 0 Å². The van der Waals surface area contributed by atoms with E-state index in [1.165, 1.54) is 0 Å². The van der Waals surface area contributed by atoms with E-state index in [-0.39, 0.29) is 12.5 Å². The Kier molecular flexibility index (Phi) is 4.94. The highest BCUT2D eigenvalue weighted by molar-refractivity contribution is 5.81. The molecule has 0 aliphatic carbocycles. The maximum Gasteiger partial charge on any atom is 0.239 e. The van der Waals surface area contributed by atoms with Gasteiger partial charge in [0.25, 0.3) is 0 Å². The first-order valence-corrected chi connectivity index (χ1v) is 6.71. The van der Waals surface area contributed by atoms with Gasteiger partial charge in [0.15, 0.2) is 0 Å². The summed E-state index contributed by atoms with van der Waals surface area (Å²) in [7, 11) is 1.83. The van der Waals surface area contributed by atoms with E-state index in [2.05, 4.69) is 11.4 Å². The molecule has 0 aliphatic heterocycles. The first kappa shape index (κ1) is 14.6. The van der Waals surface area contributed by atoms with Crippen molar-refractivity contribution >= 4 is 11.6 Å². The van der Waals surface area contributed by atoms with Crippen LogP contribution in [0.1, 0.15) is 11.1 Å². The highest BCUT2D eigenvalue weighted by Gasteiger charge is 2.07. The Morgan fingerprint density at radius 3 is 2.67 bits per heavy atom. The van der Waals surface area contributed by atoms with Gasteiger partial charge in [-0.25, -0.2) is 0 Å². The van der Waals surface area contributed by atoms with Crippen LogP contribution in [0.5, 0.6) is 0 Å². The van der Waals surface area contributed by atoms with Gasteiger partial charge in [-0.2, -0.15) is 5.26 Å². The lowest BCUT2D eigenvalue weighted by Gasteiger charge is -2.19. The summed E-state index contributed by atoms with van der Waals surface area (Å²) in [5.74, 6) is -0.0521. The minimum Gasteiger partial charge on any atom is -0.365 e. The lowest BCUT2D eigenvalue weighted by Crippen LogP contribution is -2.34. The number of carbonyl (C=O) groups is 1. The zero-order valence-electron chi connectivity index (χ0n) is 11.9. The molecule has 0 unspecified atom stereocenters. The third-order valence-corrected chi connectivity index (χ3v) is 3.13. The van der Waals surface area contributed by atoms with Crippen molar-refractivity contribution in [2.75, 3.05) is 18.5 Å². The number of hydrogen-bond donors (Lipinski definition) is 1. The van der Waals surface area contributed by atoms with E-state index in [4.69, 9.17) is 5.26 Å². The molecule has 0 atom stereocenters. The standard InChI is InChI=1S/C17H17N3O/c1-20(16-9-5-8-15(10-16)11-18)13-17(21)19-12-14-6-3-2-4-7-14/h2-10H,12-13H2,1H3,(H,19,21). The summed E-state index contributed by atoms with van der Waals surface area (Å²) in [4.78, 5) is 13.8. The summed E-state index contributed by atoms with van der Waals surface area (Å²) < 4.78 is 0. The average molecular weight is 279 g/mol. The van der Waals surface area contributed by atoms with Gasteiger partial charge in [-0.15, -0.1) is 0 Å². The van der Waals surface area contributed by atoms with Crippen molar-refractivity contribution in [2.24, 2.45) is 0 Å². The van der Waals surface area contributed by atoms with Gasteiger partial charge in [-0.05, 0) is 23.8 Å². The molecule has 1 amide bonds. The molecule has 2 aromatic carbocycles. The van der Waals surface area contributed by atoms with Gasteiger partial charge in [0.2, 0.25) is 5.91 Å². The summed E-state index contributed by atoms with van der Waals surface area (Å²) in [6, 6.07) is 19.1. The Morgan fingerprint density at radius 1 is 1.19 bits per heavy atom. The minimum atomic E-state index is -0.0521. The highest BCUT2D eigenvalue weighted by Crippen LogP contribution is 2.13. The fourth-order valence-corrected chi connectivity index (χ4v) is 1.97. The van der Waals surface area contributed by atoms with Crippen LogP contribution in [-0.4, -0.2) is 19.5 Å². The van der Waals surface area contributed by atoms with Crippen LogP contribution in [-0.2, 0) is 11.3 Å². The van der Waals surface area contributed by atoms with Gasteiger partial charge >= 0.3 is 0 Å². The van der Waals surface area contributed by atoms with Crippen molar-refractivity contribution in [3.05, 3.63) is 65.7 Å². The van der Waals surface area contributed by atoms with E-state index in [0.29, 0.717) is 12.1 Å². The highest BCUT2D eigenvalue weighted by atomic mass is 16.2. The fraction of sp³-hybridized carbons (Fsp3) is 0.176. The van der Waals surface area contributed by atoms with Gasteiger partial charge in [0.05, 0.1) is 18.2 Å². The first-order valence-electron chi connectivity index (χ1n) is 6.71.